The van der Waals surface area contributed by atoms with Crippen molar-refractivity contribution >= 4 is 33.4 Å². The quantitative estimate of drug-likeness (QED) is 0.165. The minimum absolute atomic E-state index is 0.0755. The van der Waals surface area contributed by atoms with E-state index in [9.17, 15) is 0 Å². The van der Waals surface area contributed by atoms with E-state index in [4.69, 9.17) is 4.74 Å². The Bertz CT molecular complexity index is 2580. The Morgan fingerprint density at radius 1 is 0.407 bits per heavy atom. The highest BCUT2D eigenvalue weighted by atomic mass is 16.5. The molecule has 54 heavy (non-hydrogen) atoms. The van der Waals surface area contributed by atoms with Gasteiger partial charge in [-0.25, -0.2) is 0 Å². The van der Waals surface area contributed by atoms with E-state index >= 15 is 0 Å². The number of anilines is 3. The van der Waals surface area contributed by atoms with Gasteiger partial charge in [0.15, 0.2) is 0 Å². The van der Waals surface area contributed by atoms with Crippen LogP contribution in [0.15, 0.2) is 212 Å². The van der Waals surface area contributed by atoms with Gasteiger partial charge in [-0.15, -0.1) is 0 Å². The Balaban J connectivity index is 1.09. The van der Waals surface area contributed by atoms with E-state index in [-0.39, 0.29) is 12.0 Å². The summed E-state index contributed by atoms with van der Waals surface area (Å²) in [5.74, 6) is 1.05. The summed E-state index contributed by atoms with van der Waals surface area (Å²) in [5.41, 5.74) is 14.1. The van der Waals surface area contributed by atoms with Crippen molar-refractivity contribution in [2.45, 2.75) is 12.0 Å². The summed E-state index contributed by atoms with van der Waals surface area (Å²) in [4.78, 5) is 2.41. The van der Waals surface area contributed by atoms with Gasteiger partial charge in [0.25, 0.3) is 0 Å². The highest BCUT2D eigenvalue weighted by Crippen LogP contribution is 2.53. The molecule has 8 aromatic carbocycles. The minimum Gasteiger partial charge on any atom is -0.484 e. The molecule has 0 aromatic heterocycles. The molecule has 0 N–H and O–H groups in total. The largest absolute Gasteiger partial charge is 0.484 e. The van der Waals surface area contributed by atoms with Gasteiger partial charge in [0, 0.05) is 39.2 Å². The van der Waals surface area contributed by atoms with Crippen LogP contribution in [0.5, 0.6) is 5.75 Å². The molecule has 0 bridgehead atoms. The van der Waals surface area contributed by atoms with E-state index < -0.39 is 0 Å². The smallest absolute Gasteiger partial charge is 0.135 e. The summed E-state index contributed by atoms with van der Waals surface area (Å²) >= 11 is 0. The van der Waals surface area contributed by atoms with Gasteiger partial charge in [0.05, 0.1) is 5.69 Å². The van der Waals surface area contributed by atoms with Crippen LogP contribution in [-0.4, -0.2) is 6.10 Å². The molecule has 2 atom stereocenters. The zero-order valence-electron chi connectivity index (χ0n) is 29.7. The number of fused-ring (bicyclic) bond motifs is 5. The molecule has 10 rings (SSSR count). The van der Waals surface area contributed by atoms with Gasteiger partial charge in [0.2, 0.25) is 0 Å². The lowest BCUT2D eigenvalue weighted by Gasteiger charge is -2.28. The maximum Gasteiger partial charge on any atom is 0.135 e. The van der Waals surface area contributed by atoms with Crippen LogP contribution in [-0.2, 0) is 0 Å². The number of hydrogen-bond donors (Lipinski definition) is 0. The lowest BCUT2D eigenvalue weighted by Crippen LogP contribution is -2.21. The molecule has 1 heterocycles. The Kier molecular flexibility index (Phi) is 8.00. The number of benzene rings is 8. The zero-order chi connectivity index (χ0) is 35.8. The van der Waals surface area contributed by atoms with Crippen molar-refractivity contribution in [1.29, 1.82) is 0 Å². The maximum absolute atomic E-state index is 7.07. The van der Waals surface area contributed by atoms with Crippen LogP contribution in [0, 0.1) is 0 Å². The van der Waals surface area contributed by atoms with Gasteiger partial charge in [-0.1, -0.05) is 176 Å². The third-order valence-corrected chi connectivity index (χ3v) is 10.8. The molecule has 8 aromatic rings. The molecule has 1 aliphatic heterocycles. The minimum atomic E-state index is -0.126. The highest BCUT2D eigenvalue weighted by Gasteiger charge is 2.39. The molecule has 2 aliphatic rings. The molecule has 0 fully saturated rings. The van der Waals surface area contributed by atoms with Gasteiger partial charge >= 0.3 is 0 Å². The summed E-state index contributed by atoms with van der Waals surface area (Å²) in [7, 11) is 0. The Morgan fingerprint density at radius 2 is 0.889 bits per heavy atom. The summed E-state index contributed by atoms with van der Waals surface area (Å²) < 4.78 is 7.07. The maximum atomic E-state index is 7.07. The second kappa shape index (κ2) is 13.6. The molecular formula is C52H37NO. The number of hydrogen-bond acceptors (Lipinski definition) is 2. The fourth-order valence-corrected chi connectivity index (χ4v) is 8.18. The first-order chi connectivity index (χ1) is 26.8. The predicted octanol–water partition coefficient (Wildman–Crippen LogP) is 13.8. The second-order valence-electron chi connectivity index (χ2n) is 14.0. The number of allylic oxidation sites excluding steroid dienone is 2. The number of ether oxygens (including phenoxy) is 1. The van der Waals surface area contributed by atoms with Crippen LogP contribution in [0.2, 0.25) is 0 Å². The molecule has 0 radical (unpaired) electrons. The van der Waals surface area contributed by atoms with E-state index in [1.165, 1.54) is 50.1 Å². The van der Waals surface area contributed by atoms with Crippen molar-refractivity contribution in [2.75, 3.05) is 4.90 Å². The van der Waals surface area contributed by atoms with Crippen LogP contribution >= 0.6 is 0 Å². The SMILES string of the molecule is C1=CC2c3cc(N(c4ccc(-c5ccccc5)cc4)c4ccc(-c5ccccc5)cc4)c4ccccc4c3OC2C(c2cccc(-c3ccccc3)c2)=C1. The van der Waals surface area contributed by atoms with E-state index in [1.54, 1.807) is 0 Å². The summed E-state index contributed by atoms with van der Waals surface area (Å²) in [6, 6.07) is 69.6. The molecular weight excluding hydrogens is 655 g/mol. The topological polar surface area (TPSA) is 12.5 Å². The fourth-order valence-electron chi connectivity index (χ4n) is 8.18. The molecule has 2 heteroatoms. The van der Waals surface area contributed by atoms with E-state index in [0.29, 0.717) is 0 Å². The summed E-state index contributed by atoms with van der Waals surface area (Å²) in [6.07, 6.45) is 6.63. The third-order valence-electron chi connectivity index (χ3n) is 10.8. The Morgan fingerprint density at radius 3 is 1.48 bits per heavy atom. The molecule has 256 valence electrons. The van der Waals surface area contributed by atoms with Crippen molar-refractivity contribution < 1.29 is 4.74 Å². The molecule has 0 spiro atoms. The van der Waals surface area contributed by atoms with Gasteiger partial charge in [-0.2, -0.15) is 0 Å². The highest BCUT2D eigenvalue weighted by molar-refractivity contribution is 6.04. The normalized spacial score (nSPS) is 15.6. The molecule has 1 aliphatic carbocycles. The van der Waals surface area contributed by atoms with Crippen molar-refractivity contribution in [3.63, 3.8) is 0 Å². The molecule has 0 saturated carbocycles. The fraction of sp³-hybridized carbons (Fsp3) is 0.0385. The summed E-state index contributed by atoms with van der Waals surface area (Å²) in [5, 5.41) is 2.27. The van der Waals surface area contributed by atoms with E-state index in [2.05, 4.69) is 217 Å². The van der Waals surface area contributed by atoms with Crippen LogP contribution in [0.1, 0.15) is 17.0 Å². The van der Waals surface area contributed by atoms with Gasteiger partial charge in [-0.05, 0) is 75.3 Å². The van der Waals surface area contributed by atoms with Gasteiger partial charge < -0.3 is 9.64 Å². The molecule has 2 unspecified atom stereocenters. The first kappa shape index (κ1) is 31.8. The molecule has 2 nitrogen and oxygen atoms in total. The third kappa shape index (κ3) is 5.70. The zero-order valence-corrected chi connectivity index (χ0v) is 29.7. The Hall–Kier alpha value is -6.90. The predicted molar refractivity (Wildman–Crippen MR) is 226 cm³/mol. The second-order valence-corrected chi connectivity index (χ2v) is 14.0. The van der Waals surface area contributed by atoms with Crippen molar-refractivity contribution in [2.24, 2.45) is 0 Å². The van der Waals surface area contributed by atoms with Crippen molar-refractivity contribution in [1.82, 2.24) is 0 Å². The van der Waals surface area contributed by atoms with Crippen LogP contribution in [0.25, 0.3) is 49.7 Å². The van der Waals surface area contributed by atoms with Crippen LogP contribution in [0.4, 0.5) is 17.1 Å². The van der Waals surface area contributed by atoms with Crippen LogP contribution in [0.3, 0.4) is 0 Å². The van der Waals surface area contributed by atoms with E-state index in [1.807, 2.05) is 0 Å². The number of nitrogens with zero attached hydrogens (tertiary/aromatic N) is 1. The van der Waals surface area contributed by atoms with Crippen LogP contribution < -0.4 is 9.64 Å². The lowest BCUT2D eigenvalue weighted by molar-refractivity contribution is 0.281. The average molecular weight is 692 g/mol. The lowest BCUT2D eigenvalue weighted by atomic mass is 9.83. The van der Waals surface area contributed by atoms with Gasteiger partial charge in [-0.3, -0.25) is 0 Å². The van der Waals surface area contributed by atoms with Gasteiger partial charge in [0.1, 0.15) is 11.9 Å². The van der Waals surface area contributed by atoms with E-state index in [0.717, 1.165) is 33.6 Å². The van der Waals surface area contributed by atoms with Crippen molar-refractivity contribution in [3.05, 3.63) is 223 Å². The van der Waals surface area contributed by atoms with Crippen molar-refractivity contribution in [3.8, 4) is 39.1 Å². The average Bonchev–Trinajstić information content (AvgIpc) is 3.64. The number of rotatable bonds is 7. The first-order valence-electron chi connectivity index (χ1n) is 18.7. The molecule has 0 amide bonds. The standard InChI is InChI=1S/C52H37NO/c1-4-14-36(15-5-1)39-26-30-43(31-27-39)53(44-32-28-40(29-33-44)37-16-6-2-7-17-37)50-35-49-48-25-13-24-45(51(48)54-52(49)47-23-11-10-22-46(47)50)42-21-12-20-41(34-42)38-18-8-3-9-19-38/h1-35,48,51H. The first-order valence-corrected chi connectivity index (χ1v) is 18.7. The Labute approximate surface area is 316 Å². The monoisotopic (exact) mass is 691 g/mol. The molecule has 0 saturated heterocycles. The summed E-state index contributed by atoms with van der Waals surface area (Å²) in [6.45, 7) is 0.